The number of hydrogen-bond acceptors (Lipinski definition) is 4. The number of hydrogen-bond donors (Lipinski definition) is 1. The molecule has 0 spiro atoms. The molecule has 0 atom stereocenters. The predicted molar refractivity (Wildman–Crippen MR) is 57.5 cm³/mol. The van der Waals surface area contributed by atoms with E-state index in [-0.39, 0.29) is 11.7 Å². The van der Waals surface area contributed by atoms with Gasteiger partial charge in [0.2, 0.25) is 0 Å². The van der Waals surface area contributed by atoms with Crippen LogP contribution < -0.4 is 11.2 Å². The van der Waals surface area contributed by atoms with Crippen molar-refractivity contribution in [3.8, 4) is 0 Å². The maximum Gasteiger partial charge on any atom is 0.328 e. The highest BCUT2D eigenvalue weighted by Crippen LogP contribution is 2.01. The van der Waals surface area contributed by atoms with E-state index in [2.05, 4.69) is 15.0 Å². The number of halogens is 1. The Hall–Kier alpha value is -1.95. The van der Waals surface area contributed by atoms with E-state index < -0.39 is 11.2 Å². The molecule has 0 radical (unpaired) electrons. The molecule has 0 aliphatic rings. The lowest BCUT2D eigenvalue weighted by Gasteiger charge is -2.02. The van der Waals surface area contributed by atoms with E-state index in [0.29, 0.717) is 5.69 Å². The topological polar surface area (TPSA) is 80.6 Å². The smallest absolute Gasteiger partial charge is 0.295 e. The lowest BCUT2D eigenvalue weighted by Crippen LogP contribution is -2.29. The highest BCUT2D eigenvalue weighted by Gasteiger charge is 2.00. The first kappa shape index (κ1) is 10.6. The second-order valence-electron chi connectivity index (χ2n) is 3.07. The molecule has 0 amide bonds. The summed E-state index contributed by atoms with van der Waals surface area (Å²) in [5, 5.41) is 0.289. The average molecular weight is 239 g/mol. The van der Waals surface area contributed by atoms with Crippen molar-refractivity contribution >= 4 is 11.6 Å². The Bertz CT molecular complexity index is 602. The number of nitrogens with one attached hydrogen (secondary N) is 1. The molecule has 7 heteroatoms. The van der Waals surface area contributed by atoms with Crippen LogP contribution in [-0.2, 0) is 6.54 Å². The maximum absolute atomic E-state index is 11.3. The number of rotatable bonds is 2. The van der Waals surface area contributed by atoms with E-state index in [1.165, 1.54) is 29.2 Å². The Kier molecular flexibility index (Phi) is 2.82. The number of aromatic nitrogens is 4. The zero-order chi connectivity index (χ0) is 11.5. The minimum atomic E-state index is -0.482. The largest absolute Gasteiger partial charge is 0.328 e. The first-order valence-corrected chi connectivity index (χ1v) is 4.79. The fourth-order valence-corrected chi connectivity index (χ4v) is 1.26. The zero-order valence-electron chi connectivity index (χ0n) is 8.05. The van der Waals surface area contributed by atoms with Crippen LogP contribution in [0.3, 0.4) is 0 Å². The Labute approximate surface area is 94.6 Å². The molecule has 2 heterocycles. The van der Waals surface area contributed by atoms with Gasteiger partial charge < -0.3 is 0 Å². The van der Waals surface area contributed by atoms with Crippen LogP contribution in [0.15, 0.2) is 34.2 Å². The van der Waals surface area contributed by atoms with E-state index in [1.54, 1.807) is 0 Å². The van der Waals surface area contributed by atoms with E-state index in [0.717, 1.165) is 0 Å². The van der Waals surface area contributed by atoms with E-state index in [9.17, 15) is 9.59 Å². The van der Waals surface area contributed by atoms with E-state index in [4.69, 9.17) is 11.6 Å². The second kappa shape index (κ2) is 4.28. The van der Waals surface area contributed by atoms with Gasteiger partial charge in [-0.25, -0.2) is 9.78 Å². The van der Waals surface area contributed by atoms with Crippen LogP contribution >= 0.6 is 11.6 Å². The highest BCUT2D eigenvalue weighted by atomic mass is 35.5. The molecule has 2 rings (SSSR count). The van der Waals surface area contributed by atoms with Gasteiger partial charge in [-0.15, -0.1) is 0 Å². The Morgan fingerprint density at radius 3 is 2.75 bits per heavy atom. The van der Waals surface area contributed by atoms with Gasteiger partial charge >= 0.3 is 5.69 Å². The molecule has 2 aromatic rings. The summed E-state index contributed by atoms with van der Waals surface area (Å²) in [6, 6.07) is 1.27. The molecule has 0 aliphatic heterocycles. The highest BCUT2D eigenvalue weighted by molar-refractivity contribution is 6.29. The normalized spacial score (nSPS) is 10.3. The van der Waals surface area contributed by atoms with Crippen LogP contribution in [0.4, 0.5) is 0 Å². The molecule has 1 N–H and O–H groups in total. The lowest BCUT2D eigenvalue weighted by molar-refractivity contribution is 0.702. The van der Waals surface area contributed by atoms with E-state index >= 15 is 0 Å². The monoisotopic (exact) mass is 238 g/mol. The van der Waals surface area contributed by atoms with Crippen molar-refractivity contribution < 1.29 is 0 Å². The molecule has 0 fully saturated rings. The molecule has 16 heavy (non-hydrogen) atoms. The van der Waals surface area contributed by atoms with Crippen LogP contribution in [0.5, 0.6) is 0 Å². The SMILES string of the molecule is O=c1ccn(Cc2cnc(Cl)cn2)c(=O)[nH]1. The standard InChI is InChI=1S/C9H7ClN4O2/c10-7-4-11-6(3-12-7)5-14-2-1-8(15)13-9(14)16/h1-4H,5H2,(H,13,15,16). The summed E-state index contributed by atoms with van der Waals surface area (Å²) in [5.74, 6) is 0. The first-order chi connectivity index (χ1) is 7.65. The average Bonchev–Trinajstić information content (AvgIpc) is 2.25. The van der Waals surface area contributed by atoms with Crippen LogP contribution in [0.25, 0.3) is 0 Å². The third-order valence-corrected chi connectivity index (χ3v) is 2.10. The lowest BCUT2D eigenvalue weighted by atomic mass is 10.4. The third kappa shape index (κ3) is 2.34. The van der Waals surface area contributed by atoms with Gasteiger partial charge in [0.15, 0.2) is 0 Å². The Morgan fingerprint density at radius 1 is 1.31 bits per heavy atom. The van der Waals surface area contributed by atoms with Gasteiger partial charge in [0.25, 0.3) is 5.56 Å². The summed E-state index contributed by atoms with van der Waals surface area (Å²) in [6.07, 6.45) is 4.27. The van der Waals surface area contributed by atoms with Crippen LogP contribution in [0.1, 0.15) is 5.69 Å². The molecular weight excluding hydrogens is 232 g/mol. The summed E-state index contributed by atoms with van der Waals surface area (Å²) < 4.78 is 1.32. The van der Waals surface area contributed by atoms with E-state index in [1.807, 2.05) is 0 Å². The molecule has 0 unspecified atom stereocenters. The van der Waals surface area contributed by atoms with Gasteiger partial charge in [-0.1, -0.05) is 11.6 Å². The van der Waals surface area contributed by atoms with Crippen molar-refractivity contribution in [2.24, 2.45) is 0 Å². The summed E-state index contributed by atoms with van der Waals surface area (Å²) in [4.78, 5) is 32.1. The summed E-state index contributed by atoms with van der Waals surface area (Å²) in [6.45, 7) is 0.236. The molecule has 0 aromatic carbocycles. The van der Waals surface area contributed by atoms with Crippen molar-refractivity contribution in [3.63, 3.8) is 0 Å². The Balaban J connectivity index is 2.30. The summed E-state index contributed by atoms with van der Waals surface area (Å²) in [7, 11) is 0. The second-order valence-corrected chi connectivity index (χ2v) is 3.46. The van der Waals surface area contributed by atoms with Crippen LogP contribution in [-0.4, -0.2) is 19.5 Å². The summed E-state index contributed by atoms with van der Waals surface area (Å²) in [5.41, 5.74) is -0.328. The van der Waals surface area contributed by atoms with Gasteiger partial charge in [-0.2, -0.15) is 0 Å². The molecule has 2 aromatic heterocycles. The van der Waals surface area contributed by atoms with Gasteiger partial charge in [0.05, 0.1) is 24.6 Å². The minimum absolute atomic E-state index is 0.236. The molecular formula is C9H7ClN4O2. The maximum atomic E-state index is 11.3. The van der Waals surface area contributed by atoms with Crippen molar-refractivity contribution in [2.75, 3.05) is 0 Å². The predicted octanol–water partition coefficient (Wildman–Crippen LogP) is 0.0283. The van der Waals surface area contributed by atoms with Crippen LogP contribution in [0, 0.1) is 0 Å². The van der Waals surface area contributed by atoms with Crippen molar-refractivity contribution in [2.45, 2.75) is 6.54 Å². The number of H-pyrrole nitrogens is 1. The zero-order valence-corrected chi connectivity index (χ0v) is 8.81. The molecule has 0 bridgehead atoms. The van der Waals surface area contributed by atoms with Crippen molar-refractivity contribution in [1.82, 2.24) is 19.5 Å². The van der Waals surface area contributed by atoms with Crippen molar-refractivity contribution in [3.05, 3.63) is 56.3 Å². The summed E-state index contributed by atoms with van der Waals surface area (Å²) >= 11 is 5.58. The molecule has 82 valence electrons. The quantitative estimate of drug-likeness (QED) is 0.800. The van der Waals surface area contributed by atoms with Crippen molar-refractivity contribution in [1.29, 1.82) is 0 Å². The fraction of sp³-hybridized carbons (Fsp3) is 0.111. The van der Waals surface area contributed by atoms with Gasteiger partial charge in [-0.3, -0.25) is 19.3 Å². The number of nitrogens with zero attached hydrogens (tertiary/aromatic N) is 3. The first-order valence-electron chi connectivity index (χ1n) is 4.41. The number of aromatic amines is 1. The van der Waals surface area contributed by atoms with Crippen LogP contribution in [0.2, 0.25) is 5.15 Å². The van der Waals surface area contributed by atoms with Gasteiger partial charge in [0, 0.05) is 12.3 Å². The molecule has 6 nitrogen and oxygen atoms in total. The molecule has 0 saturated carbocycles. The minimum Gasteiger partial charge on any atom is -0.295 e. The molecule has 0 aliphatic carbocycles. The fourth-order valence-electron chi connectivity index (χ4n) is 1.16. The molecule has 0 saturated heterocycles. The van der Waals surface area contributed by atoms with Gasteiger partial charge in [-0.05, 0) is 0 Å². The van der Waals surface area contributed by atoms with Gasteiger partial charge in [0.1, 0.15) is 5.15 Å². The Morgan fingerprint density at radius 2 is 2.12 bits per heavy atom. The third-order valence-electron chi connectivity index (χ3n) is 1.90.